The third-order valence-electron chi connectivity index (χ3n) is 4.32. The van der Waals surface area contributed by atoms with Crippen LogP contribution >= 0.6 is 0 Å². The standard InChI is InChI=1S/C21H20N2O2/c1-13-5-3-4-6-17(13)15-9-7-14(8-10-15)16-11-18(21(24)25)20(23-2)19(22)12-16/h3-12,23H,22H2,1-2H3,(H,24,25). The summed E-state index contributed by atoms with van der Waals surface area (Å²) in [7, 11) is 1.66. The minimum Gasteiger partial charge on any atom is -0.478 e. The number of carboxylic acid groups (broad SMARTS) is 1. The smallest absolute Gasteiger partial charge is 0.337 e. The fourth-order valence-corrected chi connectivity index (χ4v) is 3.02. The van der Waals surface area contributed by atoms with E-state index in [4.69, 9.17) is 5.73 Å². The normalized spacial score (nSPS) is 10.5. The van der Waals surface area contributed by atoms with Gasteiger partial charge in [0.2, 0.25) is 0 Å². The molecule has 0 radical (unpaired) electrons. The van der Waals surface area contributed by atoms with E-state index in [9.17, 15) is 9.90 Å². The largest absolute Gasteiger partial charge is 0.478 e. The predicted molar refractivity (Wildman–Crippen MR) is 103 cm³/mol. The number of nitrogens with two attached hydrogens (primary N) is 1. The summed E-state index contributed by atoms with van der Waals surface area (Å²) in [5.74, 6) is -1.01. The highest BCUT2D eigenvalue weighted by atomic mass is 16.4. The van der Waals surface area contributed by atoms with E-state index in [-0.39, 0.29) is 5.56 Å². The molecule has 4 N–H and O–H groups in total. The summed E-state index contributed by atoms with van der Waals surface area (Å²) in [6, 6.07) is 19.7. The second-order valence-corrected chi connectivity index (χ2v) is 5.94. The van der Waals surface area contributed by atoms with Gasteiger partial charge in [-0.1, -0.05) is 48.5 Å². The molecule has 3 aromatic carbocycles. The molecule has 0 aromatic heterocycles. The first-order chi connectivity index (χ1) is 12.0. The van der Waals surface area contributed by atoms with Gasteiger partial charge in [0.15, 0.2) is 0 Å². The lowest BCUT2D eigenvalue weighted by Gasteiger charge is -2.13. The number of aromatic carboxylic acids is 1. The Morgan fingerprint density at radius 3 is 2.20 bits per heavy atom. The monoisotopic (exact) mass is 332 g/mol. The molecule has 0 aliphatic carbocycles. The number of carbonyl (C=O) groups is 1. The van der Waals surface area contributed by atoms with Crippen LogP contribution in [0.4, 0.5) is 11.4 Å². The van der Waals surface area contributed by atoms with Crippen LogP contribution in [0.3, 0.4) is 0 Å². The van der Waals surface area contributed by atoms with Crippen LogP contribution in [0.25, 0.3) is 22.3 Å². The van der Waals surface area contributed by atoms with Crippen molar-refractivity contribution in [3.8, 4) is 22.3 Å². The summed E-state index contributed by atoms with van der Waals surface area (Å²) in [6.45, 7) is 2.08. The molecule has 0 atom stereocenters. The molecule has 4 nitrogen and oxygen atoms in total. The molecule has 4 heteroatoms. The first kappa shape index (κ1) is 16.6. The topological polar surface area (TPSA) is 75.3 Å². The lowest BCUT2D eigenvalue weighted by Crippen LogP contribution is -2.06. The number of nitrogens with one attached hydrogen (secondary N) is 1. The molecule has 0 heterocycles. The van der Waals surface area contributed by atoms with E-state index in [1.165, 1.54) is 11.1 Å². The Labute approximate surface area is 146 Å². The van der Waals surface area contributed by atoms with Crippen LogP contribution in [0.5, 0.6) is 0 Å². The molecule has 0 saturated carbocycles. The van der Waals surface area contributed by atoms with Crippen molar-refractivity contribution < 1.29 is 9.90 Å². The molecule has 0 amide bonds. The molecule has 3 aromatic rings. The summed E-state index contributed by atoms with van der Waals surface area (Å²) >= 11 is 0. The van der Waals surface area contributed by atoms with Crippen LogP contribution in [-0.4, -0.2) is 18.1 Å². The molecule has 0 bridgehead atoms. The van der Waals surface area contributed by atoms with E-state index in [0.29, 0.717) is 11.4 Å². The molecular weight excluding hydrogens is 312 g/mol. The highest BCUT2D eigenvalue weighted by Crippen LogP contribution is 2.32. The second kappa shape index (κ2) is 6.69. The third-order valence-corrected chi connectivity index (χ3v) is 4.32. The van der Waals surface area contributed by atoms with Gasteiger partial charge in [0.25, 0.3) is 0 Å². The van der Waals surface area contributed by atoms with E-state index in [0.717, 1.165) is 16.7 Å². The van der Waals surface area contributed by atoms with Crippen LogP contribution in [0.1, 0.15) is 15.9 Å². The van der Waals surface area contributed by atoms with E-state index in [1.807, 2.05) is 36.4 Å². The minimum atomic E-state index is -1.01. The van der Waals surface area contributed by atoms with E-state index in [1.54, 1.807) is 19.2 Å². The van der Waals surface area contributed by atoms with Gasteiger partial charge in [-0.2, -0.15) is 0 Å². The van der Waals surface area contributed by atoms with Gasteiger partial charge in [0, 0.05) is 7.05 Å². The summed E-state index contributed by atoms with van der Waals surface area (Å²) in [4.78, 5) is 11.5. The average molecular weight is 332 g/mol. The molecule has 126 valence electrons. The van der Waals surface area contributed by atoms with Crippen molar-refractivity contribution in [1.29, 1.82) is 0 Å². The van der Waals surface area contributed by atoms with Crippen molar-refractivity contribution in [2.24, 2.45) is 0 Å². The van der Waals surface area contributed by atoms with Crippen LogP contribution in [0, 0.1) is 6.92 Å². The van der Waals surface area contributed by atoms with Gasteiger partial charge in [-0.15, -0.1) is 0 Å². The summed E-state index contributed by atoms with van der Waals surface area (Å²) in [6.07, 6.45) is 0. The number of benzene rings is 3. The lowest BCUT2D eigenvalue weighted by molar-refractivity contribution is 0.0698. The Morgan fingerprint density at radius 1 is 0.960 bits per heavy atom. The minimum absolute atomic E-state index is 0.167. The molecule has 0 aliphatic rings. The zero-order valence-corrected chi connectivity index (χ0v) is 14.2. The molecular formula is C21H20N2O2. The van der Waals surface area contributed by atoms with Crippen molar-refractivity contribution in [2.75, 3.05) is 18.1 Å². The fraction of sp³-hybridized carbons (Fsp3) is 0.0952. The first-order valence-corrected chi connectivity index (χ1v) is 8.02. The van der Waals surface area contributed by atoms with Crippen molar-refractivity contribution in [3.63, 3.8) is 0 Å². The molecule has 0 aliphatic heterocycles. The highest BCUT2D eigenvalue weighted by Gasteiger charge is 2.14. The average Bonchev–Trinajstić information content (AvgIpc) is 2.61. The number of aryl methyl sites for hydroxylation is 1. The van der Waals surface area contributed by atoms with Gasteiger partial charge in [0.1, 0.15) is 0 Å². The zero-order valence-electron chi connectivity index (χ0n) is 14.2. The van der Waals surface area contributed by atoms with Crippen LogP contribution in [0.2, 0.25) is 0 Å². The van der Waals surface area contributed by atoms with Gasteiger partial charge in [-0.25, -0.2) is 4.79 Å². The number of anilines is 2. The highest BCUT2D eigenvalue weighted by molar-refractivity contribution is 5.99. The van der Waals surface area contributed by atoms with Crippen molar-refractivity contribution >= 4 is 17.3 Å². The first-order valence-electron chi connectivity index (χ1n) is 8.02. The quantitative estimate of drug-likeness (QED) is 0.608. The molecule has 25 heavy (non-hydrogen) atoms. The lowest BCUT2D eigenvalue weighted by atomic mass is 9.96. The Hall–Kier alpha value is -3.27. The Balaban J connectivity index is 2.03. The van der Waals surface area contributed by atoms with E-state index >= 15 is 0 Å². The summed E-state index contributed by atoms with van der Waals surface area (Å²) in [5.41, 5.74) is 12.3. The molecule has 3 rings (SSSR count). The molecule has 0 fully saturated rings. The van der Waals surface area contributed by atoms with Crippen molar-refractivity contribution in [1.82, 2.24) is 0 Å². The molecule has 0 spiro atoms. The Bertz CT molecular complexity index is 931. The Morgan fingerprint density at radius 2 is 1.60 bits per heavy atom. The number of hydrogen-bond acceptors (Lipinski definition) is 3. The fourth-order valence-electron chi connectivity index (χ4n) is 3.02. The van der Waals surface area contributed by atoms with Crippen molar-refractivity contribution in [2.45, 2.75) is 6.92 Å². The number of carboxylic acids is 1. The maximum absolute atomic E-state index is 11.5. The van der Waals surface area contributed by atoms with Gasteiger partial charge in [-0.3, -0.25) is 0 Å². The van der Waals surface area contributed by atoms with Gasteiger partial charge >= 0.3 is 5.97 Å². The van der Waals surface area contributed by atoms with Gasteiger partial charge in [-0.05, 0) is 46.9 Å². The third kappa shape index (κ3) is 3.19. The maximum Gasteiger partial charge on any atom is 0.337 e. The van der Waals surface area contributed by atoms with Crippen LogP contribution in [-0.2, 0) is 0 Å². The van der Waals surface area contributed by atoms with Crippen LogP contribution < -0.4 is 11.1 Å². The second-order valence-electron chi connectivity index (χ2n) is 5.94. The van der Waals surface area contributed by atoms with Crippen LogP contribution in [0.15, 0.2) is 60.7 Å². The van der Waals surface area contributed by atoms with Gasteiger partial charge < -0.3 is 16.2 Å². The SMILES string of the molecule is CNc1c(N)cc(-c2ccc(-c3ccccc3C)cc2)cc1C(=O)O. The number of hydrogen-bond donors (Lipinski definition) is 3. The number of nitrogen functional groups attached to an aromatic ring is 1. The summed E-state index contributed by atoms with van der Waals surface area (Å²) < 4.78 is 0. The molecule has 0 unspecified atom stereocenters. The Kier molecular flexibility index (Phi) is 4.44. The van der Waals surface area contributed by atoms with E-state index in [2.05, 4.69) is 24.4 Å². The number of rotatable bonds is 4. The van der Waals surface area contributed by atoms with Gasteiger partial charge in [0.05, 0.1) is 16.9 Å². The van der Waals surface area contributed by atoms with Crippen molar-refractivity contribution in [3.05, 3.63) is 71.8 Å². The zero-order chi connectivity index (χ0) is 18.0. The maximum atomic E-state index is 11.5. The predicted octanol–water partition coefficient (Wildman–Crippen LogP) is 4.65. The molecule has 0 saturated heterocycles. The van der Waals surface area contributed by atoms with E-state index < -0.39 is 5.97 Å². The summed E-state index contributed by atoms with van der Waals surface area (Å²) in [5, 5.41) is 12.3.